The van der Waals surface area contributed by atoms with E-state index < -0.39 is 15.8 Å². The lowest BCUT2D eigenvalue weighted by molar-refractivity contribution is -0.137. The second-order valence-electron chi connectivity index (χ2n) is 9.09. The number of benzene rings is 1. The van der Waals surface area contributed by atoms with Crippen molar-refractivity contribution in [1.82, 2.24) is 14.1 Å². The van der Waals surface area contributed by atoms with Crippen molar-refractivity contribution in [3.8, 4) is 0 Å². The summed E-state index contributed by atoms with van der Waals surface area (Å²) in [5.74, 6) is -0.478. The maximum atomic E-state index is 13.8. The molecule has 1 fully saturated rings. The van der Waals surface area contributed by atoms with Crippen molar-refractivity contribution in [2.24, 2.45) is 5.92 Å². The summed E-state index contributed by atoms with van der Waals surface area (Å²) in [5, 5.41) is 0. The summed E-state index contributed by atoms with van der Waals surface area (Å²) in [6.07, 6.45) is 1.66. The van der Waals surface area contributed by atoms with Gasteiger partial charge < -0.3 is 14.5 Å². The number of amides is 2. The molecule has 192 valence electrons. The van der Waals surface area contributed by atoms with Crippen LogP contribution in [0.3, 0.4) is 0 Å². The summed E-state index contributed by atoms with van der Waals surface area (Å²) < 4.78 is 45.1. The molecule has 10 heteroatoms. The normalized spacial score (nSPS) is 15.2. The van der Waals surface area contributed by atoms with Crippen LogP contribution in [0.25, 0.3) is 0 Å². The van der Waals surface area contributed by atoms with Gasteiger partial charge in [-0.25, -0.2) is 12.8 Å². The van der Waals surface area contributed by atoms with Gasteiger partial charge in [-0.2, -0.15) is 4.31 Å². The molecule has 0 atom stereocenters. The SMILES string of the molecule is CCS(=O)(=O)N(CCOC)CC(=O)N(Cc1cccc(F)c1)C1CCN(C(=O)CC(C)C)CC1. The fourth-order valence-corrected chi connectivity index (χ4v) is 5.12. The number of likely N-dealkylation sites (tertiary alicyclic amines) is 1. The molecule has 0 N–H and O–H groups in total. The maximum absolute atomic E-state index is 13.8. The third kappa shape index (κ3) is 8.32. The number of hydrogen-bond donors (Lipinski definition) is 0. The Morgan fingerprint density at radius 2 is 1.91 bits per heavy atom. The molecule has 2 amide bonds. The van der Waals surface area contributed by atoms with Crippen molar-refractivity contribution in [2.45, 2.75) is 52.6 Å². The van der Waals surface area contributed by atoms with Crippen molar-refractivity contribution in [2.75, 3.05) is 45.6 Å². The average molecular weight is 500 g/mol. The van der Waals surface area contributed by atoms with Crippen LogP contribution in [0.4, 0.5) is 4.39 Å². The molecule has 1 heterocycles. The molecule has 1 aromatic carbocycles. The van der Waals surface area contributed by atoms with E-state index >= 15 is 0 Å². The summed E-state index contributed by atoms with van der Waals surface area (Å²) in [6.45, 7) is 6.73. The first-order valence-electron chi connectivity index (χ1n) is 11.9. The zero-order valence-electron chi connectivity index (χ0n) is 20.7. The summed E-state index contributed by atoms with van der Waals surface area (Å²) >= 11 is 0. The van der Waals surface area contributed by atoms with Crippen LogP contribution in [0, 0.1) is 11.7 Å². The second-order valence-corrected chi connectivity index (χ2v) is 11.3. The van der Waals surface area contributed by atoms with Crippen molar-refractivity contribution < 1.29 is 27.1 Å². The largest absolute Gasteiger partial charge is 0.383 e. The van der Waals surface area contributed by atoms with Gasteiger partial charge in [0, 0.05) is 45.8 Å². The minimum absolute atomic E-state index is 0.0777. The van der Waals surface area contributed by atoms with Crippen LogP contribution in [0.2, 0.25) is 0 Å². The third-order valence-corrected chi connectivity index (χ3v) is 7.85. The average Bonchev–Trinajstić information content (AvgIpc) is 2.79. The highest BCUT2D eigenvalue weighted by Gasteiger charge is 2.32. The molecular formula is C24H38FN3O5S. The van der Waals surface area contributed by atoms with Gasteiger partial charge in [-0.15, -0.1) is 0 Å². The Balaban J connectivity index is 2.20. The molecule has 8 nitrogen and oxygen atoms in total. The van der Waals surface area contributed by atoms with Crippen LogP contribution in [0.15, 0.2) is 24.3 Å². The Morgan fingerprint density at radius 3 is 2.47 bits per heavy atom. The van der Waals surface area contributed by atoms with E-state index in [1.165, 1.54) is 26.2 Å². The van der Waals surface area contributed by atoms with E-state index in [4.69, 9.17) is 4.74 Å². The van der Waals surface area contributed by atoms with E-state index in [-0.39, 0.29) is 55.8 Å². The summed E-state index contributed by atoms with van der Waals surface area (Å²) in [7, 11) is -2.13. The molecule has 1 aromatic rings. The monoisotopic (exact) mass is 499 g/mol. The van der Waals surface area contributed by atoms with Gasteiger partial charge in [-0.05, 0) is 43.4 Å². The predicted octanol–water partition coefficient (Wildman–Crippen LogP) is 2.49. The van der Waals surface area contributed by atoms with Gasteiger partial charge in [0.05, 0.1) is 18.9 Å². The highest BCUT2D eigenvalue weighted by atomic mass is 32.2. The van der Waals surface area contributed by atoms with Crippen molar-refractivity contribution >= 4 is 21.8 Å². The zero-order valence-corrected chi connectivity index (χ0v) is 21.5. The number of ether oxygens (including phenoxy) is 1. The van der Waals surface area contributed by atoms with Gasteiger partial charge in [0.2, 0.25) is 21.8 Å². The van der Waals surface area contributed by atoms with Crippen LogP contribution < -0.4 is 0 Å². The number of piperidine rings is 1. The molecule has 1 saturated heterocycles. The molecule has 1 aliphatic rings. The fraction of sp³-hybridized carbons (Fsp3) is 0.667. The van der Waals surface area contributed by atoms with Crippen LogP contribution in [-0.4, -0.2) is 86.0 Å². The van der Waals surface area contributed by atoms with E-state index in [1.54, 1.807) is 17.0 Å². The quantitative estimate of drug-likeness (QED) is 0.441. The zero-order chi connectivity index (χ0) is 25.3. The molecule has 0 radical (unpaired) electrons. The number of halogens is 1. The minimum atomic E-state index is -3.61. The Morgan fingerprint density at radius 1 is 1.24 bits per heavy atom. The summed E-state index contributed by atoms with van der Waals surface area (Å²) in [5.41, 5.74) is 0.633. The maximum Gasteiger partial charge on any atom is 0.238 e. The molecule has 2 rings (SSSR count). The first kappa shape index (κ1) is 28.2. The minimum Gasteiger partial charge on any atom is -0.383 e. The van der Waals surface area contributed by atoms with Crippen LogP contribution >= 0.6 is 0 Å². The third-order valence-electron chi connectivity index (χ3n) is 6.02. The van der Waals surface area contributed by atoms with Gasteiger partial charge in [0.1, 0.15) is 5.82 Å². The Labute approximate surface area is 203 Å². The lowest BCUT2D eigenvalue weighted by atomic mass is 10.0. The van der Waals surface area contributed by atoms with E-state index in [9.17, 15) is 22.4 Å². The van der Waals surface area contributed by atoms with Gasteiger partial charge >= 0.3 is 0 Å². The van der Waals surface area contributed by atoms with E-state index in [2.05, 4.69) is 0 Å². The first-order valence-corrected chi connectivity index (χ1v) is 13.5. The van der Waals surface area contributed by atoms with Crippen LogP contribution in [0.1, 0.15) is 45.6 Å². The highest BCUT2D eigenvalue weighted by Crippen LogP contribution is 2.22. The number of carbonyl (C=O) groups excluding carboxylic acids is 2. The predicted molar refractivity (Wildman–Crippen MR) is 129 cm³/mol. The topological polar surface area (TPSA) is 87.2 Å². The Hall–Kier alpha value is -2.04. The molecule has 34 heavy (non-hydrogen) atoms. The number of hydrogen-bond acceptors (Lipinski definition) is 5. The van der Waals surface area contributed by atoms with Crippen LogP contribution in [-0.2, 0) is 30.9 Å². The molecule has 0 saturated carbocycles. The standard InChI is InChI=1S/C24H38FN3O5S/c1-5-34(31,32)27(13-14-33-4)18-24(30)28(17-20-7-6-8-21(25)16-20)22-9-11-26(12-10-22)23(29)15-19(2)3/h6-8,16,19,22H,5,9-15,17-18H2,1-4H3. The van der Waals surface area contributed by atoms with E-state index in [1.807, 2.05) is 18.7 Å². The number of carbonyl (C=O) groups is 2. The lowest BCUT2D eigenvalue weighted by Crippen LogP contribution is -2.51. The number of sulfonamides is 1. The number of nitrogens with zero attached hydrogens (tertiary/aromatic N) is 3. The molecule has 0 aliphatic carbocycles. The molecular weight excluding hydrogens is 461 g/mol. The summed E-state index contributed by atoms with van der Waals surface area (Å²) in [6, 6.07) is 5.89. The van der Waals surface area contributed by atoms with Gasteiger partial charge in [0.25, 0.3) is 0 Å². The molecule has 0 unspecified atom stereocenters. The lowest BCUT2D eigenvalue weighted by Gasteiger charge is -2.39. The molecule has 0 spiro atoms. The first-order chi connectivity index (χ1) is 16.1. The fourth-order valence-electron chi connectivity index (χ4n) is 4.09. The highest BCUT2D eigenvalue weighted by molar-refractivity contribution is 7.89. The van der Waals surface area contributed by atoms with Crippen molar-refractivity contribution in [3.63, 3.8) is 0 Å². The van der Waals surface area contributed by atoms with Gasteiger partial charge in [-0.3, -0.25) is 9.59 Å². The smallest absolute Gasteiger partial charge is 0.238 e. The number of methoxy groups -OCH3 is 1. The van der Waals surface area contributed by atoms with Crippen LogP contribution in [0.5, 0.6) is 0 Å². The van der Waals surface area contributed by atoms with Crippen molar-refractivity contribution in [1.29, 1.82) is 0 Å². The molecule has 0 bridgehead atoms. The molecule has 1 aliphatic heterocycles. The Bertz CT molecular complexity index is 917. The van der Waals surface area contributed by atoms with E-state index in [0.717, 1.165) is 4.31 Å². The van der Waals surface area contributed by atoms with E-state index in [0.29, 0.717) is 37.9 Å². The van der Waals surface area contributed by atoms with Gasteiger partial charge in [0.15, 0.2) is 0 Å². The molecule has 0 aromatic heterocycles. The van der Waals surface area contributed by atoms with Gasteiger partial charge in [-0.1, -0.05) is 26.0 Å². The van der Waals surface area contributed by atoms with Crippen molar-refractivity contribution in [3.05, 3.63) is 35.6 Å². The number of rotatable bonds is 12. The second kappa shape index (κ2) is 13.2. The Kier molecular flexibility index (Phi) is 10.9. The summed E-state index contributed by atoms with van der Waals surface area (Å²) in [4.78, 5) is 29.4.